The number of nitrogens with one attached hydrogen (secondary N) is 1. The summed E-state index contributed by atoms with van der Waals surface area (Å²) in [6.07, 6.45) is -1.01. The molecule has 0 aliphatic rings. The molecule has 1 atom stereocenters. The van der Waals surface area contributed by atoms with Crippen molar-refractivity contribution in [2.45, 2.75) is 12.3 Å². The highest BCUT2D eigenvalue weighted by Gasteiger charge is 2.30. The van der Waals surface area contributed by atoms with Crippen LogP contribution in [0, 0.1) is 5.82 Å². The Balaban J connectivity index is 1.64. The van der Waals surface area contributed by atoms with E-state index in [9.17, 15) is 22.7 Å². The monoisotopic (exact) mass is 446 g/mol. The highest BCUT2D eigenvalue weighted by atomic mass is 19.4. The van der Waals surface area contributed by atoms with Gasteiger partial charge in [-0.2, -0.15) is 18.3 Å². The second kappa shape index (κ2) is 8.40. The van der Waals surface area contributed by atoms with Crippen molar-refractivity contribution in [3.63, 3.8) is 0 Å². The van der Waals surface area contributed by atoms with Gasteiger partial charge in [0.15, 0.2) is 11.6 Å². The molecule has 1 unspecified atom stereocenters. The summed E-state index contributed by atoms with van der Waals surface area (Å²) >= 11 is 0. The molecule has 0 fully saturated rings. The number of aromatic nitrogens is 5. The zero-order chi connectivity index (χ0) is 22.9. The maximum absolute atomic E-state index is 14.5. The minimum absolute atomic E-state index is 0.0727. The summed E-state index contributed by atoms with van der Waals surface area (Å²) in [5.41, 5.74) is -0.649. The molecule has 12 heteroatoms. The number of aliphatic hydroxyl groups is 2. The first kappa shape index (κ1) is 21.5. The van der Waals surface area contributed by atoms with Gasteiger partial charge in [-0.1, -0.05) is 0 Å². The number of hydrogen-bond acceptors (Lipinski definition) is 8. The van der Waals surface area contributed by atoms with E-state index in [0.717, 1.165) is 18.2 Å². The summed E-state index contributed by atoms with van der Waals surface area (Å²) in [6.45, 7) is -0.572. The number of anilines is 2. The molecule has 0 aromatic carbocycles. The van der Waals surface area contributed by atoms with Crippen molar-refractivity contribution in [2.75, 3.05) is 11.9 Å². The molecule has 0 aliphatic heterocycles. The Kier molecular flexibility index (Phi) is 5.63. The summed E-state index contributed by atoms with van der Waals surface area (Å²) in [6, 6.07) is 4.62. The van der Waals surface area contributed by atoms with Crippen LogP contribution in [0.25, 0.3) is 22.2 Å². The summed E-state index contributed by atoms with van der Waals surface area (Å²) in [5.74, 6) is -0.422. The van der Waals surface area contributed by atoms with Crippen LogP contribution in [-0.2, 0) is 6.18 Å². The molecule has 0 saturated heterocycles. The minimum atomic E-state index is -4.50. The topological polar surface area (TPSA) is 117 Å². The molecule has 0 amide bonds. The Hall–Kier alpha value is -3.77. The second-order valence-electron chi connectivity index (χ2n) is 6.70. The highest BCUT2D eigenvalue weighted by molar-refractivity contribution is 5.93. The van der Waals surface area contributed by atoms with Crippen LogP contribution < -0.4 is 5.32 Å². The van der Waals surface area contributed by atoms with Crippen LogP contribution in [0.1, 0.15) is 17.2 Å². The largest absolute Gasteiger partial charge is 0.417 e. The van der Waals surface area contributed by atoms with Crippen LogP contribution in [0.5, 0.6) is 0 Å². The Morgan fingerprint density at radius 1 is 1.00 bits per heavy atom. The average molecular weight is 446 g/mol. The maximum Gasteiger partial charge on any atom is 0.417 e. The van der Waals surface area contributed by atoms with Crippen molar-refractivity contribution in [1.82, 2.24) is 25.1 Å². The van der Waals surface area contributed by atoms with Crippen LogP contribution in [-0.4, -0.2) is 42.0 Å². The van der Waals surface area contributed by atoms with Crippen LogP contribution in [0.3, 0.4) is 0 Å². The van der Waals surface area contributed by atoms with E-state index in [0.29, 0.717) is 17.0 Å². The van der Waals surface area contributed by atoms with Crippen molar-refractivity contribution in [3.05, 3.63) is 66.0 Å². The predicted octanol–water partition coefficient (Wildman–Crippen LogP) is 3.41. The maximum atomic E-state index is 14.5. The lowest BCUT2D eigenvalue weighted by atomic mass is 10.1. The normalized spacial score (nSPS) is 12.7. The molecule has 4 heterocycles. The van der Waals surface area contributed by atoms with Gasteiger partial charge < -0.3 is 15.5 Å². The summed E-state index contributed by atoms with van der Waals surface area (Å²) < 4.78 is 52.6. The number of alkyl halides is 3. The van der Waals surface area contributed by atoms with Crippen LogP contribution in [0.2, 0.25) is 0 Å². The number of aliphatic hydroxyl groups excluding tert-OH is 2. The summed E-state index contributed by atoms with van der Waals surface area (Å²) in [5, 5.41) is 30.1. The summed E-state index contributed by atoms with van der Waals surface area (Å²) in [7, 11) is 0. The highest BCUT2D eigenvalue weighted by Crippen LogP contribution is 2.30. The first-order valence-electron chi connectivity index (χ1n) is 9.12. The molecule has 0 bridgehead atoms. The van der Waals surface area contributed by atoms with Crippen molar-refractivity contribution < 1.29 is 27.8 Å². The molecule has 4 rings (SSSR count). The standard InChI is InChI=1S/C20H14F4N6O2/c21-14-3-11(16(32)9-31)5-27-18(14)15-4-10-6-28-30-19(13(10)8-25-15)29-17-2-1-12(7-26-17)20(22,23)24/h1-8,16,31-32H,9H2,(H,26,29,30). The zero-order valence-corrected chi connectivity index (χ0v) is 16.0. The Morgan fingerprint density at radius 3 is 2.47 bits per heavy atom. The van der Waals surface area contributed by atoms with E-state index in [1.165, 1.54) is 24.7 Å². The van der Waals surface area contributed by atoms with E-state index in [4.69, 9.17) is 5.11 Å². The smallest absolute Gasteiger partial charge is 0.393 e. The minimum Gasteiger partial charge on any atom is -0.393 e. The lowest BCUT2D eigenvalue weighted by molar-refractivity contribution is -0.137. The second-order valence-corrected chi connectivity index (χ2v) is 6.70. The van der Waals surface area contributed by atoms with Crippen molar-refractivity contribution in [3.8, 4) is 11.4 Å². The van der Waals surface area contributed by atoms with Gasteiger partial charge in [0.2, 0.25) is 0 Å². The fraction of sp³-hybridized carbons (Fsp3) is 0.150. The van der Waals surface area contributed by atoms with Gasteiger partial charge >= 0.3 is 6.18 Å². The molecule has 8 nitrogen and oxygen atoms in total. The van der Waals surface area contributed by atoms with Crippen molar-refractivity contribution >= 4 is 22.4 Å². The fourth-order valence-electron chi connectivity index (χ4n) is 2.89. The molecular weight excluding hydrogens is 432 g/mol. The SMILES string of the molecule is OCC(O)c1cnc(-c2cc3cnnc(Nc4ccc(C(F)(F)F)cn4)c3cn2)c(F)c1. The van der Waals surface area contributed by atoms with Crippen LogP contribution >= 0.6 is 0 Å². The van der Waals surface area contributed by atoms with Gasteiger partial charge in [0.25, 0.3) is 0 Å². The first-order chi connectivity index (χ1) is 15.3. The summed E-state index contributed by atoms with van der Waals surface area (Å²) in [4.78, 5) is 11.9. The molecule has 4 aromatic rings. The number of fused-ring (bicyclic) bond motifs is 1. The predicted molar refractivity (Wildman–Crippen MR) is 105 cm³/mol. The molecule has 3 N–H and O–H groups in total. The lowest BCUT2D eigenvalue weighted by Crippen LogP contribution is -2.06. The lowest BCUT2D eigenvalue weighted by Gasteiger charge is -2.11. The Labute approximate surface area is 177 Å². The Bertz CT molecular complexity index is 1270. The van der Waals surface area contributed by atoms with Gasteiger partial charge in [-0.3, -0.25) is 9.97 Å². The molecule has 0 spiro atoms. The van der Waals surface area contributed by atoms with Crippen LogP contribution in [0.4, 0.5) is 29.2 Å². The zero-order valence-electron chi connectivity index (χ0n) is 16.0. The number of hydrogen-bond donors (Lipinski definition) is 3. The molecule has 0 radical (unpaired) electrons. The average Bonchev–Trinajstić information content (AvgIpc) is 2.78. The molecule has 4 aromatic heterocycles. The van der Waals surface area contributed by atoms with Gasteiger partial charge in [0.05, 0.1) is 24.1 Å². The van der Waals surface area contributed by atoms with Crippen LogP contribution in [0.15, 0.2) is 49.1 Å². The number of pyridine rings is 3. The molecule has 164 valence electrons. The fourth-order valence-corrected chi connectivity index (χ4v) is 2.89. The van der Waals surface area contributed by atoms with Gasteiger partial charge in [0.1, 0.15) is 17.6 Å². The van der Waals surface area contributed by atoms with E-state index >= 15 is 0 Å². The molecule has 0 aliphatic carbocycles. The van der Waals surface area contributed by atoms with E-state index in [1.807, 2.05) is 0 Å². The van der Waals surface area contributed by atoms with E-state index in [2.05, 4.69) is 30.5 Å². The van der Waals surface area contributed by atoms with Gasteiger partial charge in [-0.05, 0) is 24.3 Å². The van der Waals surface area contributed by atoms with E-state index in [-0.39, 0.29) is 28.6 Å². The molecule has 32 heavy (non-hydrogen) atoms. The first-order valence-corrected chi connectivity index (χ1v) is 9.12. The van der Waals surface area contributed by atoms with Gasteiger partial charge in [-0.15, -0.1) is 5.10 Å². The van der Waals surface area contributed by atoms with Gasteiger partial charge in [0, 0.05) is 34.9 Å². The number of nitrogens with zero attached hydrogens (tertiary/aromatic N) is 5. The third kappa shape index (κ3) is 4.31. The number of halogens is 4. The quantitative estimate of drug-likeness (QED) is 0.400. The van der Waals surface area contributed by atoms with E-state index in [1.54, 1.807) is 0 Å². The Morgan fingerprint density at radius 2 is 1.81 bits per heavy atom. The van der Waals surface area contributed by atoms with Crippen molar-refractivity contribution in [2.24, 2.45) is 0 Å². The van der Waals surface area contributed by atoms with Gasteiger partial charge in [-0.25, -0.2) is 9.37 Å². The van der Waals surface area contributed by atoms with Crippen molar-refractivity contribution in [1.29, 1.82) is 0 Å². The molecule has 0 saturated carbocycles. The number of rotatable bonds is 5. The van der Waals surface area contributed by atoms with E-state index < -0.39 is 30.3 Å². The molecular formula is C20H14F4N6O2. The third-order valence-corrected chi connectivity index (χ3v) is 4.55. The third-order valence-electron chi connectivity index (χ3n) is 4.55.